The molecule has 0 bridgehead atoms. The topological polar surface area (TPSA) is 46.5 Å². The minimum absolute atomic E-state index is 0.468. The van der Waals surface area contributed by atoms with Crippen LogP contribution in [0.4, 0.5) is 0 Å². The third-order valence-corrected chi connectivity index (χ3v) is 2.29. The van der Waals surface area contributed by atoms with Crippen LogP contribution in [-0.4, -0.2) is 23.3 Å². The van der Waals surface area contributed by atoms with Crippen LogP contribution in [0.5, 0.6) is 0 Å². The molecule has 70 valence electrons. The summed E-state index contributed by atoms with van der Waals surface area (Å²) in [4.78, 5) is 10.8. The largest absolute Gasteiger partial charge is 0.479 e. The minimum Gasteiger partial charge on any atom is -0.479 e. The van der Waals surface area contributed by atoms with E-state index in [1.807, 2.05) is 6.92 Å². The summed E-state index contributed by atoms with van der Waals surface area (Å²) in [6.07, 6.45) is 2.99. The van der Waals surface area contributed by atoms with E-state index < -0.39 is 11.6 Å². The van der Waals surface area contributed by atoms with Gasteiger partial charge < -0.3 is 9.84 Å². The molecule has 1 aliphatic carbocycles. The van der Waals surface area contributed by atoms with Crippen LogP contribution in [0, 0.1) is 5.92 Å². The highest BCUT2D eigenvalue weighted by molar-refractivity contribution is 5.76. The summed E-state index contributed by atoms with van der Waals surface area (Å²) < 4.78 is 5.24. The number of hydrogen-bond acceptors (Lipinski definition) is 2. The Kier molecular flexibility index (Phi) is 2.73. The quantitative estimate of drug-likeness (QED) is 0.686. The van der Waals surface area contributed by atoms with Crippen molar-refractivity contribution in [3.63, 3.8) is 0 Å². The summed E-state index contributed by atoms with van der Waals surface area (Å²) >= 11 is 0. The maximum absolute atomic E-state index is 10.8. The lowest BCUT2D eigenvalue weighted by atomic mass is 9.99. The van der Waals surface area contributed by atoms with E-state index in [2.05, 4.69) is 0 Å². The van der Waals surface area contributed by atoms with Crippen LogP contribution in [0.2, 0.25) is 0 Å². The van der Waals surface area contributed by atoms with Crippen molar-refractivity contribution >= 4 is 5.97 Å². The molecular weight excluding hydrogens is 156 g/mol. The van der Waals surface area contributed by atoms with Crippen LogP contribution in [0.15, 0.2) is 0 Å². The number of hydrogen-bond donors (Lipinski definition) is 1. The first kappa shape index (κ1) is 9.52. The number of ether oxygens (including phenoxy) is 1. The number of carboxylic acid groups (broad SMARTS) is 1. The Balaban J connectivity index is 2.49. The molecule has 0 spiro atoms. The molecule has 12 heavy (non-hydrogen) atoms. The summed E-state index contributed by atoms with van der Waals surface area (Å²) in [6.45, 7) is 3.96. The Hall–Kier alpha value is -0.570. The van der Waals surface area contributed by atoms with Gasteiger partial charge in [-0.15, -0.1) is 0 Å². The van der Waals surface area contributed by atoms with Crippen molar-refractivity contribution in [2.45, 2.75) is 38.7 Å². The lowest BCUT2D eigenvalue weighted by molar-refractivity contribution is -0.164. The van der Waals surface area contributed by atoms with Crippen molar-refractivity contribution in [3.05, 3.63) is 0 Å². The van der Waals surface area contributed by atoms with Gasteiger partial charge >= 0.3 is 5.97 Å². The molecule has 1 saturated carbocycles. The molecule has 0 aromatic rings. The van der Waals surface area contributed by atoms with Crippen LogP contribution in [-0.2, 0) is 9.53 Å². The summed E-state index contributed by atoms with van der Waals surface area (Å²) in [5, 5.41) is 8.92. The van der Waals surface area contributed by atoms with Gasteiger partial charge in [-0.3, -0.25) is 0 Å². The molecule has 1 unspecified atom stereocenters. The lowest BCUT2D eigenvalue weighted by Crippen LogP contribution is -2.38. The second-order valence-electron chi connectivity index (χ2n) is 3.62. The zero-order valence-electron chi connectivity index (χ0n) is 7.67. The molecule has 0 aliphatic heterocycles. The van der Waals surface area contributed by atoms with Crippen LogP contribution >= 0.6 is 0 Å². The molecule has 0 heterocycles. The SMILES string of the molecule is CCOC(C)(CC1CC1)C(=O)O. The van der Waals surface area contributed by atoms with E-state index >= 15 is 0 Å². The Morgan fingerprint density at radius 3 is 2.58 bits per heavy atom. The third kappa shape index (κ3) is 2.21. The summed E-state index contributed by atoms with van der Waals surface area (Å²) in [5.41, 5.74) is -0.948. The van der Waals surface area contributed by atoms with Gasteiger partial charge in [-0.25, -0.2) is 4.79 Å². The molecule has 0 aromatic heterocycles. The highest BCUT2D eigenvalue weighted by atomic mass is 16.5. The Morgan fingerprint density at radius 1 is 1.67 bits per heavy atom. The molecule has 0 amide bonds. The van der Waals surface area contributed by atoms with Gasteiger partial charge in [0.05, 0.1) is 0 Å². The van der Waals surface area contributed by atoms with E-state index in [1.54, 1.807) is 6.92 Å². The van der Waals surface area contributed by atoms with Gasteiger partial charge in [0.15, 0.2) is 5.60 Å². The molecule has 1 rings (SSSR count). The van der Waals surface area contributed by atoms with Gasteiger partial charge in [0, 0.05) is 6.61 Å². The van der Waals surface area contributed by atoms with Crippen LogP contribution in [0.25, 0.3) is 0 Å². The van der Waals surface area contributed by atoms with E-state index in [9.17, 15) is 4.79 Å². The summed E-state index contributed by atoms with van der Waals surface area (Å²) in [6, 6.07) is 0. The highest BCUT2D eigenvalue weighted by Crippen LogP contribution is 2.38. The van der Waals surface area contributed by atoms with Crippen molar-refractivity contribution in [1.82, 2.24) is 0 Å². The van der Waals surface area contributed by atoms with Gasteiger partial charge in [-0.05, 0) is 26.2 Å². The molecule has 1 aliphatic rings. The van der Waals surface area contributed by atoms with E-state index in [1.165, 1.54) is 0 Å². The van der Waals surface area contributed by atoms with Crippen LogP contribution in [0.1, 0.15) is 33.1 Å². The minimum atomic E-state index is -0.948. The van der Waals surface area contributed by atoms with Gasteiger partial charge in [0.25, 0.3) is 0 Å². The highest BCUT2D eigenvalue weighted by Gasteiger charge is 2.39. The predicted molar refractivity (Wildman–Crippen MR) is 45.0 cm³/mol. The smallest absolute Gasteiger partial charge is 0.335 e. The number of carbonyl (C=O) groups is 1. The summed E-state index contributed by atoms with van der Waals surface area (Å²) in [5.74, 6) is -0.256. The molecule has 1 fully saturated rings. The van der Waals surface area contributed by atoms with E-state index in [0.717, 1.165) is 12.8 Å². The average molecular weight is 172 g/mol. The predicted octanol–water partition coefficient (Wildman–Crippen LogP) is 1.67. The van der Waals surface area contributed by atoms with Crippen molar-refractivity contribution in [2.24, 2.45) is 5.92 Å². The molecular formula is C9H16O3. The Labute approximate surface area is 72.7 Å². The van der Waals surface area contributed by atoms with E-state index in [-0.39, 0.29) is 0 Å². The average Bonchev–Trinajstić information content (AvgIpc) is 2.71. The van der Waals surface area contributed by atoms with Gasteiger partial charge in [-0.2, -0.15) is 0 Å². The maximum Gasteiger partial charge on any atom is 0.335 e. The molecule has 3 nitrogen and oxygen atoms in total. The van der Waals surface area contributed by atoms with Crippen molar-refractivity contribution in [2.75, 3.05) is 6.61 Å². The number of carboxylic acids is 1. The first-order valence-corrected chi connectivity index (χ1v) is 4.46. The maximum atomic E-state index is 10.8. The van der Waals surface area contributed by atoms with E-state index in [4.69, 9.17) is 9.84 Å². The van der Waals surface area contributed by atoms with Gasteiger partial charge in [0.2, 0.25) is 0 Å². The fourth-order valence-corrected chi connectivity index (χ4v) is 1.40. The van der Waals surface area contributed by atoms with E-state index in [0.29, 0.717) is 18.9 Å². The van der Waals surface area contributed by atoms with Crippen LogP contribution < -0.4 is 0 Å². The van der Waals surface area contributed by atoms with Crippen molar-refractivity contribution in [3.8, 4) is 0 Å². The molecule has 1 N–H and O–H groups in total. The molecule has 0 saturated heterocycles. The number of rotatable bonds is 5. The van der Waals surface area contributed by atoms with Gasteiger partial charge in [-0.1, -0.05) is 12.8 Å². The van der Waals surface area contributed by atoms with Crippen molar-refractivity contribution in [1.29, 1.82) is 0 Å². The fraction of sp³-hybridized carbons (Fsp3) is 0.889. The van der Waals surface area contributed by atoms with Crippen LogP contribution in [0.3, 0.4) is 0 Å². The Bertz CT molecular complexity index is 175. The second-order valence-corrected chi connectivity index (χ2v) is 3.62. The standard InChI is InChI=1S/C9H16O3/c1-3-12-9(2,8(10)11)6-7-4-5-7/h7H,3-6H2,1-2H3,(H,10,11). The monoisotopic (exact) mass is 172 g/mol. The number of aliphatic carboxylic acids is 1. The molecule has 1 atom stereocenters. The fourth-order valence-electron chi connectivity index (χ4n) is 1.40. The molecule has 0 radical (unpaired) electrons. The molecule has 0 aromatic carbocycles. The first-order valence-electron chi connectivity index (χ1n) is 4.46. The Morgan fingerprint density at radius 2 is 2.25 bits per heavy atom. The lowest BCUT2D eigenvalue weighted by Gasteiger charge is -2.24. The third-order valence-electron chi connectivity index (χ3n) is 2.29. The van der Waals surface area contributed by atoms with Crippen molar-refractivity contribution < 1.29 is 14.6 Å². The second kappa shape index (κ2) is 3.44. The summed E-state index contributed by atoms with van der Waals surface area (Å²) in [7, 11) is 0. The zero-order chi connectivity index (χ0) is 9.19. The normalized spacial score (nSPS) is 21.8. The van der Waals surface area contributed by atoms with Gasteiger partial charge in [0.1, 0.15) is 0 Å². The first-order chi connectivity index (χ1) is 5.58. The zero-order valence-corrected chi connectivity index (χ0v) is 7.67. The molecule has 3 heteroatoms.